The van der Waals surface area contributed by atoms with Gasteiger partial charge >= 0.3 is 24.5 Å². The Kier molecular flexibility index (Phi) is 36.7. The number of carbonyl (C=O) groups is 10. The lowest BCUT2D eigenvalue weighted by molar-refractivity contribution is -0.138. The van der Waals surface area contributed by atoms with Crippen LogP contribution in [-0.2, 0) is 43.0 Å². The number of carbonyl (C=O) groups excluding carboxylic acids is 9. The van der Waals surface area contributed by atoms with Crippen molar-refractivity contribution in [2.45, 2.75) is 116 Å². The van der Waals surface area contributed by atoms with Gasteiger partial charge in [0.1, 0.15) is 6.29 Å². The summed E-state index contributed by atoms with van der Waals surface area (Å²) in [6.07, 6.45) is 3.25. The summed E-state index contributed by atoms with van der Waals surface area (Å²) < 4.78 is 118. The summed E-state index contributed by atoms with van der Waals surface area (Å²) in [4.78, 5) is 151. The number of anilines is 6. The van der Waals surface area contributed by atoms with Crippen LogP contribution in [-0.4, -0.2) is 181 Å². The van der Waals surface area contributed by atoms with Gasteiger partial charge in [-0.15, -0.1) is 0 Å². The first kappa shape index (κ1) is 107. The molecule has 764 valence electrons. The van der Waals surface area contributed by atoms with E-state index in [-0.39, 0.29) is 59.3 Å². The molecule has 5 aliphatic heterocycles. The van der Waals surface area contributed by atoms with Crippen LogP contribution in [0.25, 0.3) is 33.8 Å². The molecule has 0 spiro atoms. The molecule has 8 heterocycles. The van der Waals surface area contributed by atoms with E-state index >= 15 is 0 Å². The minimum atomic E-state index is -4.49. The Balaban J connectivity index is 0.000000172. The van der Waals surface area contributed by atoms with Crippen LogP contribution in [0.15, 0.2) is 255 Å². The smallest absolute Gasteiger partial charge is 0.416 e. The van der Waals surface area contributed by atoms with Crippen LogP contribution in [0.4, 0.5) is 73.6 Å². The van der Waals surface area contributed by atoms with E-state index in [2.05, 4.69) is 72.2 Å². The van der Waals surface area contributed by atoms with Crippen molar-refractivity contribution in [1.82, 2.24) is 51.3 Å². The third-order valence-corrected chi connectivity index (χ3v) is 25.3. The Labute approximate surface area is 843 Å². The molecule has 5 fully saturated rings. The number of nitrogens with one attached hydrogen (secondary N) is 8. The maximum Gasteiger partial charge on any atom is 0.416 e. The number of alkyl halides is 9. The Morgan fingerprint density at radius 3 is 0.891 bits per heavy atom. The van der Waals surface area contributed by atoms with Gasteiger partial charge in [0.15, 0.2) is 0 Å². The highest BCUT2D eigenvalue weighted by molar-refractivity contribution is 6.11. The van der Waals surface area contributed by atoms with E-state index in [9.17, 15) is 87.8 Å². The van der Waals surface area contributed by atoms with Gasteiger partial charge in [0, 0.05) is 195 Å². The number of nitrogens with zero attached hydrogens (tertiary/aromatic N) is 8. The topological polar surface area (TPSA) is 342 Å². The van der Waals surface area contributed by atoms with Crippen LogP contribution in [0.2, 0.25) is 0 Å². The van der Waals surface area contributed by atoms with E-state index in [1.807, 2.05) is 48.5 Å². The van der Waals surface area contributed by atoms with E-state index < -0.39 is 76.6 Å². The predicted octanol–water partition coefficient (Wildman–Crippen LogP) is 19.6. The van der Waals surface area contributed by atoms with Crippen LogP contribution >= 0.6 is 0 Å². The molecule has 5 aliphatic rings. The van der Waals surface area contributed by atoms with Gasteiger partial charge < -0.3 is 76.9 Å². The largest absolute Gasteiger partial charge is 0.478 e. The number of rotatable bonds is 24. The summed E-state index contributed by atoms with van der Waals surface area (Å²) in [5.74, 6) is -4.19. The molecule has 0 aliphatic carbocycles. The first-order valence-corrected chi connectivity index (χ1v) is 48.6. The number of carboxylic acid groups (broad SMARTS) is 1. The fraction of sp³-hybridized carbons (Fsp3) is 0.288. The lowest BCUT2D eigenvalue weighted by Gasteiger charge is -2.29. The number of aldehydes is 1. The second kappa shape index (κ2) is 50.5. The normalized spacial score (nSPS) is 14.4. The van der Waals surface area contributed by atoms with Crippen LogP contribution < -0.4 is 57.2 Å². The summed E-state index contributed by atoms with van der Waals surface area (Å²) in [5, 5.41) is 32.8. The molecule has 0 saturated carbocycles. The van der Waals surface area contributed by atoms with E-state index in [0.29, 0.717) is 116 Å². The number of hydrogen-bond acceptors (Lipinski definition) is 18. The molecule has 27 nitrogen and oxygen atoms in total. The number of halogens is 9. The first-order chi connectivity index (χ1) is 70.8. The van der Waals surface area contributed by atoms with Crippen LogP contribution in [0.3, 0.4) is 0 Å². The van der Waals surface area contributed by atoms with Gasteiger partial charge in [0.25, 0.3) is 47.3 Å². The summed E-state index contributed by atoms with van der Waals surface area (Å²) in [5.41, 5.74) is 8.16. The zero-order chi connectivity index (χ0) is 104. The van der Waals surface area contributed by atoms with E-state index in [1.54, 1.807) is 82.6 Å². The SMILES string of the molecule is CC=O.O=C(NCc1cccc(C(F)(F)F)c1)c1ccnc(-c2cc(N3CCCCC3)ccc2NC(=O)c2cccc(C(=O)N3CCCNCC3)c2)c1.O=C(NCc1cccc(C(F)(F)F)c1)c1ccnc(-c2cc(N3CCCCC3)ccc2NC(=O)c2cccc(C(=O)N3CCCNCC3)c2)c1.O=C(O)c1cccc(C(=O)Nc2ccc(N3CCCCC3)cc2-c2cc(C(=O)NCc3cccc(C(F)(F)F)c3)ccn2)c1. The van der Waals surface area contributed by atoms with Crippen molar-refractivity contribution in [3.05, 3.63) is 339 Å². The van der Waals surface area contributed by atoms with Crippen molar-refractivity contribution in [3.63, 3.8) is 0 Å². The number of piperidine rings is 3. The first-order valence-electron chi connectivity index (χ1n) is 48.6. The Hall–Kier alpha value is -16.0. The molecule has 0 radical (unpaired) electrons. The fourth-order valence-corrected chi connectivity index (χ4v) is 17.6. The lowest BCUT2D eigenvalue weighted by Crippen LogP contribution is -2.34. The molecule has 0 unspecified atom stereocenters. The third-order valence-electron chi connectivity index (χ3n) is 25.3. The highest BCUT2D eigenvalue weighted by atomic mass is 19.4. The monoisotopic (exact) mass is 2010 g/mol. The van der Waals surface area contributed by atoms with Gasteiger partial charge in [0.05, 0.1) is 56.4 Å². The molecule has 3 aromatic heterocycles. The van der Waals surface area contributed by atoms with Gasteiger partial charge in [-0.05, 0) is 289 Å². The van der Waals surface area contributed by atoms with Crippen molar-refractivity contribution in [2.24, 2.45) is 0 Å². The zero-order valence-corrected chi connectivity index (χ0v) is 80.6. The van der Waals surface area contributed by atoms with E-state index in [4.69, 9.17) is 4.79 Å². The average Bonchev–Trinajstić information content (AvgIpc) is 1.03. The minimum absolute atomic E-state index is 0.0242. The molecular weight excluding hydrogens is 1900 g/mol. The van der Waals surface area contributed by atoms with Gasteiger partial charge in [-0.2, -0.15) is 39.5 Å². The quantitative estimate of drug-likeness (QED) is 0.0200. The molecule has 5 saturated heterocycles. The Morgan fingerprint density at radius 1 is 0.313 bits per heavy atom. The van der Waals surface area contributed by atoms with Crippen molar-refractivity contribution in [2.75, 3.05) is 122 Å². The fourth-order valence-electron chi connectivity index (χ4n) is 17.6. The van der Waals surface area contributed by atoms with Crippen molar-refractivity contribution in [1.29, 1.82) is 0 Å². The standard InChI is InChI=1S/2C38H39F3N6O3.C33H29F3N4O4.C2H4O/c2*39-38(40,41)30-10-4-7-26(21-30)25-44-35(48)28-13-15-43-34(23-28)32-24-31(46-17-2-1-3-18-46)11-12-33(32)45-36(49)27-8-5-9-29(22-27)37(50)47-19-6-14-42-16-20-47;34-33(35,36)25-9-4-6-21(16-25)20-38-30(41)23-12-13-37-29(18-23)27-19-26(40-14-2-1-3-15-40)10-11-28(27)39-31(42)22-7-5-8-24(17-22)32(43)44;1-2-3/h2*4-5,7-13,15,21-24,42H,1-3,6,14,16-20,25H2,(H,44,48)(H,45,49);4-13,16-19H,1-3,14-15,20H2,(H,38,41)(H,39,42)(H,43,44);2H,1H3. The van der Waals surface area contributed by atoms with Crippen LogP contribution in [0, 0.1) is 0 Å². The summed E-state index contributed by atoms with van der Waals surface area (Å²) in [6, 6.07) is 59.7. The molecule has 9 aromatic carbocycles. The molecule has 8 amide bonds. The van der Waals surface area contributed by atoms with Crippen molar-refractivity contribution in [3.8, 4) is 33.8 Å². The maximum absolute atomic E-state index is 13.7. The average molecular weight is 2020 g/mol. The molecule has 147 heavy (non-hydrogen) atoms. The molecular formula is C111H111F9N16O11. The summed E-state index contributed by atoms with van der Waals surface area (Å²) >= 11 is 0. The highest BCUT2D eigenvalue weighted by Gasteiger charge is 2.34. The van der Waals surface area contributed by atoms with Gasteiger partial charge in [-0.1, -0.05) is 54.6 Å². The zero-order valence-electron chi connectivity index (χ0n) is 80.6. The van der Waals surface area contributed by atoms with Crippen molar-refractivity contribution < 1.29 is 92.6 Å². The molecule has 17 rings (SSSR count). The molecule has 36 heteroatoms. The number of carboxylic acids is 1. The predicted molar refractivity (Wildman–Crippen MR) is 544 cm³/mol. The van der Waals surface area contributed by atoms with Crippen molar-refractivity contribution >= 4 is 93.6 Å². The van der Waals surface area contributed by atoms with E-state index in [0.717, 1.165) is 196 Å². The van der Waals surface area contributed by atoms with Gasteiger partial charge in [-0.25, -0.2) is 4.79 Å². The second-order valence-electron chi connectivity index (χ2n) is 35.7. The van der Waals surface area contributed by atoms with Crippen LogP contribution in [0.5, 0.6) is 0 Å². The number of benzene rings is 9. The molecule has 12 aromatic rings. The van der Waals surface area contributed by atoms with Gasteiger partial charge in [-0.3, -0.25) is 53.3 Å². The number of amides is 8. The summed E-state index contributed by atoms with van der Waals surface area (Å²) in [7, 11) is 0. The lowest BCUT2D eigenvalue weighted by atomic mass is 10.0. The number of aromatic carboxylic acids is 1. The number of pyridine rings is 3. The number of aromatic nitrogens is 3. The Morgan fingerprint density at radius 2 is 0.592 bits per heavy atom. The number of hydrogen-bond donors (Lipinski definition) is 9. The third kappa shape index (κ3) is 29.7. The van der Waals surface area contributed by atoms with E-state index in [1.165, 1.54) is 104 Å². The Bertz CT molecular complexity index is 6440. The second-order valence-corrected chi connectivity index (χ2v) is 35.7. The van der Waals surface area contributed by atoms with Crippen LogP contribution in [0.1, 0.15) is 204 Å². The minimum Gasteiger partial charge on any atom is -0.478 e. The molecule has 9 N–H and O–H groups in total. The molecule has 0 atom stereocenters. The highest BCUT2D eigenvalue weighted by Crippen LogP contribution is 2.40. The van der Waals surface area contributed by atoms with Gasteiger partial charge in [0.2, 0.25) is 0 Å². The molecule has 0 bridgehead atoms. The maximum atomic E-state index is 13.7. The summed E-state index contributed by atoms with van der Waals surface area (Å²) in [6.45, 7) is 12.1.